The lowest BCUT2D eigenvalue weighted by molar-refractivity contribution is -0.139. The first kappa shape index (κ1) is 33.4. The number of allylic oxidation sites excluding steroid dienone is 1. The Morgan fingerprint density at radius 3 is 2.26 bits per heavy atom. The number of benzene rings is 3. The molecular formula is C29H30Cl2NO8PS. The molecule has 0 radical (unpaired) electrons. The molecule has 0 aliphatic carbocycles. The molecule has 0 saturated heterocycles. The lowest BCUT2D eigenvalue weighted by atomic mass is 9.99. The van der Waals surface area contributed by atoms with Crippen LogP contribution in [0, 0.1) is 0 Å². The van der Waals surface area contributed by atoms with Crippen molar-refractivity contribution in [1.29, 1.82) is 0 Å². The summed E-state index contributed by atoms with van der Waals surface area (Å²) >= 11 is 12.9. The van der Waals surface area contributed by atoms with Crippen LogP contribution >= 0.6 is 30.6 Å². The van der Waals surface area contributed by atoms with Gasteiger partial charge in [-0.1, -0.05) is 54.4 Å². The van der Waals surface area contributed by atoms with Gasteiger partial charge in [0.1, 0.15) is 11.8 Å². The molecule has 224 valence electrons. The Kier molecular flexibility index (Phi) is 11.0. The monoisotopic (exact) mass is 653 g/mol. The number of rotatable bonds is 12. The number of carboxylic acid groups (broad SMARTS) is 1. The number of ether oxygens (including phenoxy) is 1. The first-order valence-corrected chi connectivity index (χ1v) is 16.8. The van der Waals surface area contributed by atoms with Crippen LogP contribution in [0.3, 0.4) is 0 Å². The van der Waals surface area contributed by atoms with Crippen LogP contribution in [0.25, 0.3) is 0 Å². The summed E-state index contributed by atoms with van der Waals surface area (Å²) in [5.41, 5.74) is 0.896. The first-order chi connectivity index (χ1) is 19.7. The van der Waals surface area contributed by atoms with Gasteiger partial charge in [-0.15, -0.1) is 0 Å². The Morgan fingerprint density at radius 1 is 1.05 bits per heavy atom. The first-order valence-electron chi connectivity index (χ1n) is 12.5. The van der Waals surface area contributed by atoms with Crippen molar-refractivity contribution in [3.05, 3.63) is 99.3 Å². The summed E-state index contributed by atoms with van der Waals surface area (Å²) in [5.74, 6) is -0.473. The molecular weight excluding hydrogens is 624 g/mol. The minimum Gasteiger partial charge on any atom is -0.497 e. The zero-order valence-corrected chi connectivity index (χ0v) is 26.4. The van der Waals surface area contributed by atoms with E-state index in [9.17, 15) is 27.7 Å². The average molecular weight is 655 g/mol. The fraction of sp³-hybridized carbons (Fsp3) is 0.241. The highest BCUT2D eigenvalue weighted by atomic mass is 35.5. The smallest absolute Gasteiger partial charge is 0.326 e. The quantitative estimate of drug-likeness (QED) is 0.238. The molecule has 3 aromatic rings. The van der Waals surface area contributed by atoms with E-state index < -0.39 is 35.1 Å². The lowest BCUT2D eigenvalue weighted by Gasteiger charge is -2.18. The van der Waals surface area contributed by atoms with Crippen molar-refractivity contribution in [3.63, 3.8) is 0 Å². The van der Waals surface area contributed by atoms with Crippen LogP contribution < -0.4 is 15.4 Å². The van der Waals surface area contributed by atoms with Gasteiger partial charge < -0.3 is 19.7 Å². The number of aliphatic carboxylic acids is 1. The third-order valence-electron chi connectivity index (χ3n) is 6.44. The molecule has 0 aromatic heterocycles. The molecule has 3 rings (SSSR count). The molecule has 0 heterocycles. The number of methoxy groups -OCH3 is 1. The fourth-order valence-corrected chi connectivity index (χ4v) is 7.01. The highest BCUT2D eigenvalue weighted by Gasteiger charge is 2.26. The third-order valence-corrected chi connectivity index (χ3v) is 10.3. The van der Waals surface area contributed by atoms with Crippen LogP contribution in [0.1, 0.15) is 34.3 Å². The second kappa shape index (κ2) is 13.9. The number of amides is 1. The van der Waals surface area contributed by atoms with Crippen molar-refractivity contribution in [3.8, 4) is 5.75 Å². The standard InChI is InChI=1S/C29H30Cl2NO8PS/c1-18(11-12-41(36,40-3)22-9-6-8-21(17-22)39-2)20-15-24(30)27(25(31)16-20)28(33)32-26(29(34)35)14-19-7-5-10-23(13-19)42(4,37)38/h5-13,15-18,26H,14H2,1-4H3,(H,32,33)(H,34,35)/b12-11+/t18?,26-,41?/m0/s1. The van der Waals surface area contributed by atoms with Gasteiger partial charge in [0, 0.05) is 30.9 Å². The van der Waals surface area contributed by atoms with Crippen LogP contribution in [0.2, 0.25) is 10.0 Å². The van der Waals surface area contributed by atoms with E-state index in [4.69, 9.17) is 32.5 Å². The summed E-state index contributed by atoms with van der Waals surface area (Å²) < 4.78 is 47.8. The molecule has 13 heteroatoms. The zero-order chi connectivity index (χ0) is 31.2. The predicted octanol–water partition coefficient (Wildman–Crippen LogP) is 5.70. The molecule has 3 aromatic carbocycles. The molecule has 0 saturated carbocycles. The maximum atomic E-state index is 13.5. The van der Waals surface area contributed by atoms with E-state index in [0.29, 0.717) is 22.2 Å². The van der Waals surface area contributed by atoms with Gasteiger partial charge in [0.05, 0.1) is 27.6 Å². The number of carbonyl (C=O) groups excluding carboxylic acids is 1. The minimum atomic E-state index is -3.50. The van der Waals surface area contributed by atoms with E-state index in [0.717, 1.165) is 6.26 Å². The van der Waals surface area contributed by atoms with Crippen molar-refractivity contribution >= 4 is 57.6 Å². The molecule has 2 N–H and O–H groups in total. The van der Waals surface area contributed by atoms with Crippen molar-refractivity contribution in [2.24, 2.45) is 0 Å². The van der Waals surface area contributed by atoms with E-state index >= 15 is 0 Å². The Morgan fingerprint density at radius 2 is 1.69 bits per heavy atom. The molecule has 2 unspecified atom stereocenters. The summed E-state index contributed by atoms with van der Waals surface area (Å²) in [6, 6.07) is 14.2. The molecule has 42 heavy (non-hydrogen) atoms. The largest absolute Gasteiger partial charge is 0.497 e. The van der Waals surface area contributed by atoms with Gasteiger partial charge in [0.25, 0.3) is 13.3 Å². The molecule has 3 atom stereocenters. The number of carboxylic acids is 1. The predicted molar refractivity (Wildman–Crippen MR) is 163 cm³/mol. The van der Waals surface area contributed by atoms with Crippen LogP contribution in [-0.4, -0.2) is 51.9 Å². The van der Waals surface area contributed by atoms with E-state index in [-0.39, 0.29) is 32.8 Å². The summed E-state index contributed by atoms with van der Waals surface area (Å²) in [7, 11) is -4.01. The van der Waals surface area contributed by atoms with E-state index in [1.54, 1.807) is 36.4 Å². The third kappa shape index (κ3) is 8.24. The number of halogens is 2. The summed E-state index contributed by atoms with van der Waals surface area (Å²) in [6.45, 7) is 1.81. The van der Waals surface area contributed by atoms with Gasteiger partial charge in [-0.3, -0.25) is 9.36 Å². The topological polar surface area (TPSA) is 136 Å². The average Bonchev–Trinajstić information content (AvgIpc) is 2.94. The zero-order valence-electron chi connectivity index (χ0n) is 23.2. The number of hydrogen-bond acceptors (Lipinski definition) is 7. The molecule has 0 aliphatic rings. The Labute approximate surface area is 254 Å². The second-order valence-corrected chi connectivity index (χ2v) is 14.7. The van der Waals surface area contributed by atoms with Crippen molar-refractivity contribution in [2.75, 3.05) is 20.5 Å². The van der Waals surface area contributed by atoms with Gasteiger partial charge in [-0.05, 0) is 59.5 Å². The highest BCUT2D eigenvalue weighted by Crippen LogP contribution is 2.47. The Balaban J connectivity index is 1.82. The van der Waals surface area contributed by atoms with E-state index in [1.165, 1.54) is 50.4 Å². The molecule has 9 nitrogen and oxygen atoms in total. The molecule has 0 aliphatic heterocycles. The van der Waals surface area contributed by atoms with Gasteiger partial charge in [-0.2, -0.15) is 0 Å². The van der Waals surface area contributed by atoms with Gasteiger partial charge >= 0.3 is 5.97 Å². The maximum absolute atomic E-state index is 13.5. The van der Waals surface area contributed by atoms with Crippen molar-refractivity contribution in [1.82, 2.24) is 5.32 Å². The highest BCUT2D eigenvalue weighted by molar-refractivity contribution is 7.90. The normalized spacial score (nSPS) is 14.6. The minimum absolute atomic E-state index is 0.0128. The number of hydrogen-bond donors (Lipinski definition) is 2. The van der Waals surface area contributed by atoms with Crippen LogP contribution in [0.4, 0.5) is 0 Å². The van der Waals surface area contributed by atoms with Crippen LogP contribution in [0.5, 0.6) is 5.75 Å². The second-order valence-electron chi connectivity index (χ2n) is 9.46. The van der Waals surface area contributed by atoms with E-state index in [2.05, 4.69) is 5.32 Å². The van der Waals surface area contributed by atoms with Gasteiger partial charge in [-0.25, -0.2) is 13.2 Å². The van der Waals surface area contributed by atoms with E-state index in [1.807, 2.05) is 6.92 Å². The van der Waals surface area contributed by atoms with Gasteiger partial charge in [0.15, 0.2) is 9.84 Å². The molecule has 0 spiro atoms. The van der Waals surface area contributed by atoms with Crippen molar-refractivity contribution < 1.29 is 36.9 Å². The number of sulfone groups is 1. The van der Waals surface area contributed by atoms with Gasteiger partial charge in [0.2, 0.25) is 0 Å². The number of carbonyl (C=O) groups is 2. The maximum Gasteiger partial charge on any atom is 0.326 e. The SMILES string of the molecule is COc1cccc(P(=O)(/C=C/C(C)c2cc(Cl)c(C(=O)N[C@@H](Cc3cccc(S(C)(=O)=O)c3)C(=O)O)c(Cl)c2)OC)c1. The fourth-order valence-electron chi connectivity index (χ4n) is 4.05. The molecule has 1 amide bonds. The van der Waals surface area contributed by atoms with Crippen molar-refractivity contribution in [2.45, 2.75) is 30.2 Å². The van der Waals surface area contributed by atoms with Crippen LogP contribution in [-0.2, 0) is 30.1 Å². The summed E-state index contributed by atoms with van der Waals surface area (Å²) in [6.07, 6.45) is 2.55. The Bertz CT molecular complexity index is 1650. The molecule has 0 bridgehead atoms. The summed E-state index contributed by atoms with van der Waals surface area (Å²) in [5, 5.41) is 12.6. The summed E-state index contributed by atoms with van der Waals surface area (Å²) in [4.78, 5) is 25.1. The lowest BCUT2D eigenvalue weighted by Crippen LogP contribution is -2.42. The Hall–Kier alpha value is -3.14. The van der Waals surface area contributed by atoms with Crippen LogP contribution in [0.15, 0.2) is 77.5 Å². The number of nitrogens with one attached hydrogen (secondary N) is 1. The molecule has 0 fully saturated rings.